The molecule has 0 bridgehead atoms. The molecule has 2 heterocycles. The lowest BCUT2D eigenvalue weighted by Gasteiger charge is -2.24. The maximum Gasteiger partial charge on any atom is 0.300 e. The summed E-state index contributed by atoms with van der Waals surface area (Å²) in [5.74, 6) is 0.120. The van der Waals surface area contributed by atoms with Gasteiger partial charge in [-0.25, -0.2) is 4.98 Å². The topological polar surface area (TPSA) is 84.2 Å². The molecule has 1 aromatic carbocycles. The van der Waals surface area contributed by atoms with Crippen LogP contribution < -0.4 is 5.32 Å². The van der Waals surface area contributed by atoms with Crippen molar-refractivity contribution in [2.24, 2.45) is 0 Å². The van der Waals surface area contributed by atoms with Crippen molar-refractivity contribution in [1.82, 2.24) is 14.9 Å². The van der Waals surface area contributed by atoms with Crippen LogP contribution in [0.25, 0.3) is 11.4 Å². The summed E-state index contributed by atoms with van der Waals surface area (Å²) in [6.45, 7) is 1.87. The Balaban J connectivity index is 0.000000396. The van der Waals surface area contributed by atoms with E-state index in [2.05, 4.69) is 10.3 Å². The molecule has 0 spiro atoms. The number of imidazole rings is 1. The minimum absolute atomic E-state index is 0.0939. The Kier molecular flexibility index (Phi) is 5.30. The maximum absolute atomic E-state index is 11.9. The van der Waals surface area contributed by atoms with Crippen LogP contribution in [-0.2, 0) is 9.59 Å². The fourth-order valence-electron chi connectivity index (χ4n) is 2.40. The number of carboxylic acid groups (broad SMARTS) is 1. The maximum atomic E-state index is 11.9. The minimum atomic E-state index is -0.833. The number of nitrogens with zero attached hydrogens (tertiary/aromatic N) is 2. The summed E-state index contributed by atoms with van der Waals surface area (Å²) in [6, 6.07) is 9.84. The van der Waals surface area contributed by atoms with E-state index < -0.39 is 5.97 Å². The van der Waals surface area contributed by atoms with Crippen LogP contribution in [0.2, 0.25) is 0 Å². The Hall–Kier alpha value is -2.63. The van der Waals surface area contributed by atoms with E-state index in [1.54, 1.807) is 6.20 Å². The fourth-order valence-corrected chi connectivity index (χ4v) is 2.40. The number of hydrogen-bond acceptors (Lipinski definition) is 3. The Morgan fingerprint density at radius 2 is 2.05 bits per heavy atom. The second-order valence-electron chi connectivity index (χ2n) is 4.99. The van der Waals surface area contributed by atoms with Crippen molar-refractivity contribution in [1.29, 1.82) is 0 Å². The number of carboxylic acids is 1. The van der Waals surface area contributed by atoms with Crippen molar-refractivity contribution in [3.05, 3.63) is 42.7 Å². The van der Waals surface area contributed by atoms with Crippen LogP contribution in [-0.4, -0.2) is 33.1 Å². The Morgan fingerprint density at radius 1 is 1.36 bits per heavy atom. The van der Waals surface area contributed by atoms with Crippen molar-refractivity contribution in [2.45, 2.75) is 25.8 Å². The van der Waals surface area contributed by atoms with Crippen LogP contribution in [0.3, 0.4) is 0 Å². The van der Waals surface area contributed by atoms with E-state index in [1.165, 1.54) is 0 Å². The third-order valence-electron chi connectivity index (χ3n) is 3.29. The number of carbonyl (C=O) groups excluding carboxylic acids is 1. The largest absolute Gasteiger partial charge is 0.481 e. The molecule has 1 unspecified atom stereocenters. The predicted molar refractivity (Wildman–Crippen MR) is 82.3 cm³/mol. The molecule has 1 aliphatic rings. The van der Waals surface area contributed by atoms with Gasteiger partial charge >= 0.3 is 0 Å². The second kappa shape index (κ2) is 7.40. The number of aromatic nitrogens is 2. The Morgan fingerprint density at radius 3 is 2.68 bits per heavy atom. The lowest BCUT2D eigenvalue weighted by Crippen LogP contribution is -2.37. The van der Waals surface area contributed by atoms with E-state index in [0.29, 0.717) is 0 Å². The molecule has 3 rings (SSSR count). The molecule has 0 saturated carbocycles. The SMILES string of the molecule is CC(=O)O.O=C1NCCCC1n1ccnc1-c1ccccc1. The first-order valence-corrected chi connectivity index (χ1v) is 7.15. The molecule has 1 saturated heterocycles. The van der Waals surface area contributed by atoms with E-state index >= 15 is 0 Å². The quantitative estimate of drug-likeness (QED) is 0.889. The molecule has 22 heavy (non-hydrogen) atoms. The molecule has 1 atom stereocenters. The highest BCUT2D eigenvalue weighted by Crippen LogP contribution is 2.25. The van der Waals surface area contributed by atoms with Crippen LogP contribution in [0, 0.1) is 0 Å². The van der Waals surface area contributed by atoms with Gasteiger partial charge in [-0.2, -0.15) is 0 Å². The summed E-state index contributed by atoms with van der Waals surface area (Å²) in [7, 11) is 0. The summed E-state index contributed by atoms with van der Waals surface area (Å²) in [6.07, 6.45) is 5.53. The Labute approximate surface area is 128 Å². The van der Waals surface area contributed by atoms with Crippen LogP contribution in [0.5, 0.6) is 0 Å². The summed E-state index contributed by atoms with van der Waals surface area (Å²) < 4.78 is 1.98. The normalized spacial score (nSPS) is 17.1. The van der Waals surface area contributed by atoms with Gasteiger partial charge in [0.25, 0.3) is 5.97 Å². The minimum Gasteiger partial charge on any atom is -0.481 e. The van der Waals surface area contributed by atoms with Crippen molar-refractivity contribution in [3.63, 3.8) is 0 Å². The first-order chi connectivity index (χ1) is 10.6. The molecule has 2 aromatic rings. The van der Waals surface area contributed by atoms with Crippen LogP contribution in [0.15, 0.2) is 42.7 Å². The molecule has 0 radical (unpaired) electrons. The van der Waals surface area contributed by atoms with Crippen molar-refractivity contribution < 1.29 is 14.7 Å². The van der Waals surface area contributed by atoms with Crippen LogP contribution in [0.4, 0.5) is 0 Å². The number of nitrogens with one attached hydrogen (secondary N) is 1. The van der Waals surface area contributed by atoms with E-state index in [0.717, 1.165) is 37.7 Å². The van der Waals surface area contributed by atoms with Crippen molar-refractivity contribution in [3.8, 4) is 11.4 Å². The van der Waals surface area contributed by atoms with Crippen LogP contribution >= 0.6 is 0 Å². The van der Waals surface area contributed by atoms with Crippen molar-refractivity contribution in [2.75, 3.05) is 6.54 Å². The van der Waals surface area contributed by atoms with Gasteiger partial charge in [0, 0.05) is 31.4 Å². The first kappa shape index (κ1) is 15.8. The zero-order valence-corrected chi connectivity index (χ0v) is 12.4. The molecular weight excluding hydrogens is 282 g/mol. The third kappa shape index (κ3) is 3.94. The molecule has 2 N–H and O–H groups in total. The first-order valence-electron chi connectivity index (χ1n) is 7.15. The fraction of sp³-hybridized carbons (Fsp3) is 0.312. The summed E-state index contributed by atoms with van der Waals surface area (Å²) in [4.78, 5) is 25.3. The standard InChI is InChI=1S/C14H15N3O.C2H4O2/c18-14-12(7-4-8-16-14)17-10-9-15-13(17)11-5-2-1-3-6-11;1-2(3)4/h1-3,5-6,9-10,12H,4,7-8H2,(H,16,18);1H3,(H,3,4). The monoisotopic (exact) mass is 301 g/mol. The number of aliphatic carboxylic acids is 1. The smallest absolute Gasteiger partial charge is 0.300 e. The van der Waals surface area contributed by atoms with Gasteiger partial charge in [-0.1, -0.05) is 30.3 Å². The number of carbonyl (C=O) groups is 2. The lowest BCUT2D eigenvalue weighted by atomic mass is 10.1. The Bertz CT molecular complexity index is 633. The van der Waals surface area contributed by atoms with Gasteiger partial charge in [-0.15, -0.1) is 0 Å². The summed E-state index contributed by atoms with van der Waals surface area (Å²) >= 11 is 0. The molecule has 0 aliphatic carbocycles. The highest BCUT2D eigenvalue weighted by molar-refractivity contribution is 5.81. The predicted octanol–water partition coefficient (Wildman–Crippen LogP) is 2.09. The van der Waals surface area contributed by atoms with Crippen molar-refractivity contribution >= 4 is 11.9 Å². The van der Waals surface area contributed by atoms with Gasteiger partial charge < -0.3 is 15.0 Å². The van der Waals surface area contributed by atoms with E-state index in [-0.39, 0.29) is 11.9 Å². The molecule has 1 amide bonds. The van der Waals surface area contributed by atoms with Gasteiger partial charge in [-0.3, -0.25) is 9.59 Å². The molecule has 1 aliphatic heterocycles. The van der Waals surface area contributed by atoms with Gasteiger partial charge in [-0.05, 0) is 12.8 Å². The summed E-state index contributed by atoms with van der Waals surface area (Å²) in [5.41, 5.74) is 1.04. The number of hydrogen-bond donors (Lipinski definition) is 2. The van der Waals surface area contributed by atoms with Crippen LogP contribution in [0.1, 0.15) is 25.8 Å². The second-order valence-corrected chi connectivity index (χ2v) is 4.99. The van der Waals surface area contributed by atoms with E-state index in [1.807, 2.05) is 41.1 Å². The lowest BCUT2D eigenvalue weighted by molar-refractivity contribution is -0.134. The van der Waals surface area contributed by atoms with Gasteiger partial charge in [0.1, 0.15) is 11.9 Å². The molecule has 6 nitrogen and oxygen atoms in total. The summed E-state index contributed by atoms with van der Waals surface area (Å²) in [5, 5.41) is 10.3. The number of benzene rings is 1. The van der Waals surface area contributed by atoms with E-state index in [9.17, 15) is 4.79 Å². The van der Waals surface area contributed by atoms with Gasteiger partial charge in [0.05, 0.1) is 0 Å². The number of piperidine rings is 1. The third-order valence-corrected chi connectivity index (χ3v) is 3.29. The highest BCUT2D eigenvalue weighted by Gasteiger charge is 2.25. The average Bonchev–Trinajstić information content (AvgIpc) is 2.97. The van der Waals surface area contributed by atoms with E-state index in [4.69, 9.17) is 9.90 Å². The zero-order chi connectivity index (χ0) is 15.9. The zero-order valence-electron chi connectivity index (χ0n) is 12.4. The molecular formula is C16H19N3O3. The number of rotatable bonds is 2. The molecule has 1 aromatic heterocycles. The van der Waals surface area contributed by atoms with Gasteiger partial charge in [0.2, 0.25) is 5.91 Å². The molecule has 6 heteroatoms. The number of amides is 1. The molecule has 116 valence electrons. The van der Waals surface area contributed by atoms with Gasteiger partial charge in [0.15, 0.2) is 0 Å². The average molecular weight is 301 g/mol. The molecule has 1 fully saturated rings. The highest BCUT2D eigenvalue weighted by atomic mass is 16.4.